The van der Waals surface area contributed by atoms with E-state index in [1.807, 2.05) is 12.1 Å². The molecule has 3 heterocycles. The Labute approximate surface area is 130 Å². The van der Waals surface area contributed by atoms with Gasteiger partial charge in [-0.15, -0.1) is 10.2 Å². The minimum absolute atomic E-state index is 0.0571. The second-order valence-electron chi connectivity index (χ2n) is 4.70. The molecule has 0 radical (unpaired) electrons. The smallest absolute Gasteiger partial charge is 0.233 e. The molecule has 21 heavy (non-hydrogen) atoms. The van der Waals surface area contributed by atoms with Gasteiger partial charge < -0.3 is 15.1 Å². The van der Waals surface area contributed by atoms with Crippen molar-refractivity contribution in [2.24, 2.45) is 0 Å². The van der Waals surface area contributed by atoms with Crippen LogP contribution < -0.4 is 10.6 Å². The van der Waals surface area contributed by atoms with E-state index in [0.29, 0.717) is 6.54 Å². The Morgan fingerprint density at radius 2 is 2.43 bits per heavy atom. The van der Waals surface area contributed by atoms with Crippen molar-refractivity contribution in [3.8, 4) is 0 Å². The van der Waals surface area contributed by atoms with Gasteiger partial charge in [0.15, 0.2) is 4.34 Å². The molecular weight excluding hydrogens is 308 g/mol. The van der Waals surface area contributed by atoms with Crippen LogP contribution in [0.15, 0.2) is 27.2 Å². The molecule has 0 aliphatic carbocycles. The topological polar surface area (TPSA) is 80.0 Å². The van der Waals surface area contributed by atoms with Crippen molar-refractivity contribution in [2.75, 3.05) is 11.9 Å². The highest BCUT2D eigenvalue weighted by Gasteiger charge is 2.23. The monoisotopic (exact) mass is 324 g/mol. The summed E-state index contributed by atoms with van der Waals surface area (Å²) >= 11 is 2.96. The molecule has 0 spiro atoms. The van der Waals surface area contributed by atoms with E-state index in [9.17, 15) is 4.79 Å². The van der Waals surface area contributed by atoms with Gasteiger partial charge >= 0.3 is 0 Å². The van der Waals surface area contributed by atoms with Crippen molar-refractivity contribution in [1.82, 2.24) is 15.5 Å². The van der Waals surface area contributed by atoms with Crippen LogP contribution in [0.1, 0.15) is 25.0 Å². The molecule has 1 atom stereocenters. The first-order valence-corrected chi connectivity index (χ1v) is 8.55. The number of nitrogens with one attached hydrogen (secondary N) is 2. The Balaban J connectivity index is 1.55. The third kappa shape index (κ3) is 3.98. The van der Waals surface area contributed by atoms with Crippen LogP contribution in [-0.4, -0.2) is 27.9 Å². The first kappa shape index (κ1) is 14.4. The number of nitrogens with zero attached hydrogens (tertiary/aromatic N) is 2. The van der Waals surface area contributed by atoms with E-state index < -0.39 is 0 Å². The van der Waals surface area contributed by atoms with Gasteiger partial charge in [0.1, 0.15) is 5.76 Å². The molecule has 8 heteroatoms. The lowest BCUT2D eigenvalue weighted by Gasteiger charge is -2.09. The lowest BCUT2D eigenvalue weighted by atomic mass is 10.2. The van der Waals surface area contributed by atoms with Crippen LogP contribution in [0.5, 0.6) is 0 Å². The Kier molecular flexibility index (Phi) is 4.76. The van der Waals surface area contributed by atoms with Gasteiger partial charge in [0.05, 0.1) is 18.1 Å². The molecule has 6 nitrogen and oxygen atoms in total. The van der Waals surface area contributed by atoms with E-state index >= 15 is 0 Å². The SMILES string of the molecule is O=C1NCCCC[C@@H]1Sc1nnc(NCc2ccco2)s1. The number of hydrogen-bond donors (Lipinski definition) is 2. The Hall–Kier alpha value is -1.54. The Morgan fingerprint density at radius 3 is 3.29 bits per heavy atom. The molecule has 0 unspecified atom stereocenters. The summed E-state index contributed by atoms with van der Waals surface area (Å²) in [7, 11) is 0. The summed E-state index contributed by atoms with van der Waals surface area (Å²) in [6, 6.07) is 3.75. The maximum absolute atomic E-state index is 11.9. The molecule has 0 aromatic carbocycles. The van der Waals surface area contributed by atoms with Crippen molar-refractivity contribution in [2.45, 2.75) is 35.4 Å². The highest BCUT2D eigenvalue weighted by Crippen LogP contribution is 2.32. The van der Waals surface area contributed by atoms with Gasteiger partial charge in [-0.05, 0) is 25.0 Å². The maximum Gasteiger partial charge on any atom is 0.233 e. The largest absolute Gasteiger partial charge is 0.467 e. The van der Waals surface area contributed by atoms with Gasteiger partial charge in [-0.1, -0.05) is 29.5 Å². The third-order valence-electron chi connectivity index (χ3n) is 3.13. The number of carbonyl (C=O) groups is 1. The molecule has 2 aromatic rings. The third-order valence-corrected chi connectivity index (χ3v) is 5.36. The molecule has 0 bridgehead atoms. The summed E-state index contributed by atoms with van der Waals surface area (Å²) in [5.41, 5.74) is 0. The van der Waals surface area contributed by atoms with Crippen LogP contribution in [0, 0.1) is 0 Å². The van der Waals surface area contributed by atoms with Gasteiger partial charge in [0.25, 0.3) is 0 Å². The number of amides is 1. The van der Waals surface area contributed by atoms with E-state index in [0.717, 1.165) is 41.0 Å². The zero-order valence-corrected chi connectivity index (χ0v) is 13.0. The normalized spacial score (nSPS) is 19.0. The van der Waals surface area contributed by atoms with Gasteiger partial charge in [-0.25, -0.2) is 0 Å². The van der Waals surface area contributed by atoms with Gasteiger partial charge in [-0.3, -0.25) is 4.79 Å². The molecule has 0 saturated carbocycles. The number of furan rings is 1. The molecule has 3 rings (SSSR count). The van der Waals surface area contributed by atoms with E-state index in [4.69, 9.17) is 4.42 Å². The summed E-state index contributed by atoms with van der Waals surface area (Å²) in [5.74, 6) is 0.959. The average molecular weight is 324 g/mol. The van der Waals surface area contributed by atoms with Crippen LogP contribution in [0.25, 0.3) is 0 Å². The van der Waals surface area contributed by atoms with Crippen molar-refractivity contribution in [3.05, 3.63) is 24.2 Å². The standard InChI is InChI=1S/C13H16N4O2S2/c18-11-10(5-1-2-6-14-11)20-13-17-16-12(21-13)15-8-9-4-3-7-19-9/h3-4,7,10H,1-2,5-6,8H2,(H,14,18)(H,15,16)/t10-/m0/s1. The number of rotatable bonds is 5. The van der Waals surface area contributed by atoms with Crippen LogP contribution >= 0.6 is 23.1 Å². The molecule has 1 amide bonds. The molecule has 1 aliphatic rings. The van der Waals surface area contributed by atoms with E-state index in [2.05, 4.69) is 20.8 Å². The van der Waals surface area contributed by atoms with E-state index in [1.165, 1.54) is 23.1 Å². The summed E-state index contributed by atoms with van der Waals surface area (Å²) in [6.45, 7) is 1.36. The van der Waals surface area contributed by atoms with E-state index in [1.54, 1.807) is 6.26 Å². The Morgan fingerprint density at radius 1 is 1.48 bits per heavy atom. The highest BCUT2D eigenvalue weighted by molar-refractivity contribution is 8.02. The van der Waals surface area contributed by atoms with E-state index in [-0.39, 0.29) is 11.2 Å². The number of aromatic nitrogens is 2. The fourth-order valence-electron chi connectivity index (χ4n) is 2.05. The molecule has 112 valence electrons. The second kappa shape index (κ2) is 6.95. The van der Waals surface area contributed by atoms with Crippen molar-refractivity contribution < 1.29 is 9.21 Å². The first-order chi connectivity index (χ1) is 10.3. The van der Waals surface area contributed by atoms with Crippen LogP contribution in [0.3, 0.4) is 0 Å². The van der Waals surface area contributed by atoms with Crippen molar-refractivity contribution in [3.63, 3.8) is 0 Å². The molecule has 2 N–H and O–H groups in total. The zero-order valence-electron chi connectivity index (χ0n) is 11.4. The number of thioether (sulfide) groups is 1. The molecule has 1 saturated heterocycles. The summed E-state index contributed by atoms with van der Waals surface area (Å²) in [4.78, 5) is 11.9. The number of hydrogen-bond acceptors (Lipinski definition) is 7. The Bertz CT molecular complexity index is 585. The number of anilines is 1. The summed E-state index contributed by atoms with van der Waals surface area (Å²) in [5, 5.41) is 15.0. The lowest BCUT2D eigenvalue weighted by molar-refractivity contribution is -0.120. The molecule has 2 aromatic heterocycles. The van der Waals surface area contributed by atoms with Gasteiger partial charge in [0.2, 0.25) is 11.0 Å². The average Bonchev–Trinajstić information content (AvgIpc) is 3.10. The quantitative estimate of drug-likeness (QED) is 0.879. The highest BCUT2D eigenvalue weighted by atomic mass is 32.2. The molecule has 1 fully saturated rings. The van der Waals surface area contributed by atoms with Crippen molar-refractivity contribution in [1.29, 1.82) is 0 Å². The minimum atomic E-state index is -0.0571. The fourth-order valence-corrected chi connectivity index (χ4v) is 4.11. The molecule has 1 aliphatic heterocycles. The fraction of sp³-hybridized carbons (Fsp3) is 0.462. The van der Waals surface area contributed by atoms with Gasteiger partial charge in [-0.2, -0.15) is 0 Å². The van der Waals surface area contributed by atoms with Crippen LogP contribution in [-0.2, 0) is 11.3 Å². The zero-order chi connectivity index (χ0) is 14.5. The van der Waals surface area contributed by atoms with Crippen LogP contribution in [0.4, 0.5) is 5.13 Å². The molecular formula is C13H16N4O2S2. The number of carbonyl (C=O) groups excluding carboxylic acids is 1. The maximum atomic E-state index is 11.9. The van der Waals surface area contributed by atoms with Gasteiger partial charge in [0, 0.05) is 6.54 Å². The predicted octanol–water partition coefficient (Wildman–Crippen LogP) is 2.50. The lowest BCUT2D eigenvalue weighted by Crippen LogP contribution is -2.30. The second-order valence-corrected chi connectivity index (χ2v) is 7.13. The predicted molar refractivity (Wildman–Crippen MR) is 82.4 cm³/mol. The van der Waals surface area contributed by atoms with Crippen LogP contribution in [0.2, 0.25) is 0 Å². The summed E-state index contributed by atoms with van der Waals surface area (Å²) < 4.78 is 6.07. The summed E-state index contributed by atoms with van der Waals surface area (Å²) in [6.07, 6.45) is 4.65. The minimum Gasteiger partial charge on any atom is -0.467 e. The first-order valence-electron chi connectivity index (χ1n) is 6.85. The van der Waals surface area contributed by atoms with Crippen molar-refractivity contribution >= 4 is 34.1 Å².